The molecule has 1 aliphatic rings. The number of thiazole rings is 1. The lowest BCUT2D eigenvalue weighted by atomic mass is 10.0. The first kappa shape index (κ1) is 12.6. The third kappa shape index (κ3) is 2.50. The molecule has 0 aromatic carbocycles. The number of hydrogen-bond donors (Lipinski definition) is 1. The largest absolute Gasteiger partial charge is 0.411 e. The second kappa shape index (κ2) is 5.30. The Morgan fingerprint density at radius 2 is 2.32 bits per heavy atom. The molecular formula is C12H13ClN4OS. The molecule has 5 nitrogen and oxygen atoms in total. The predicted molar refractivity (Wildman–Crippen MR) is 74.5 cm³/mol. The van der Waals surface area contributed by atoms with Crippen molar-refractivity contribution in [1.29, 1.82) is 0 Å². The van der Waals surface area contributed by atoms with E-state index in [-0.39, 0.29) is 0 Å². The van der Waals surface area contributed by atoms with Gasteiger partial charge in [0.05, 0.1) is 12.2 Å². The molecule has 2 aromatic heterocycles. The standard InChI is InChI=1S/C12H13ClN4OS/c13-12-14-5-8(19-12)7-17-10-4-2-1-3-9(10)16-11(17)6-15-18/h5-6,18H,1-4,7H2/b15-6+. The van der Waals surface area contributed by atoms with Gasteiger partial charge in [0.15, 0.2) is 10.3 Å². The normalized spacial score (nSPS) is 15.0. The molecule has 0 atom stereocenters. The van der Waals surface area contributed by atoms with E-state index in [2.05, 4.69) is 19.7 Å². The summed E-state index contributed by atoms with van der Waals surface area (Å²) in [5.41, 5.74) is 2.36. The van der Waals surface area contributed by atoms with Gasteiger partial charge in [-0.3, -0.25) is 0 Å². The average Bonchev–Trinajstić information content (AvgIpc) is 2.96. The van der Waals surface area contributed by atoms with E-state index in [1.807, 2.05) is 0 Å². The van der Waals surface area contributed by atoms with Crippen LogP contribution in [-0.4, -0.2) is 26.0 Å². The number of imidazole rings is 1. The van der Waals surface area contributed by atoms with Gasteiger partial charge in [0.1, 0.15) is 6.21 Å². The van der Waals surface area contributed by atoms with Gasteiger partial charge < -0.3 is 9.77 Å². The molecule has 100 valence electrons. The summed E-state index contributed by atoms with van der Waals surface area (Å²) in [5, 5.41) is 11.9. The number of hydrogen-bond acceptors (Lipinski definition) is 5. The molecule has 0 aliphatic heterocycles. The van der Waals surface area contributed by atoms with Gasteiger partial charge in [0, 0.05) is 16.8 Å². The van der Waals surface area contributed by atoms with Crippen molar-refractivity contribution in [3.63, 3.8) is 0 Å². The molecule has 0 spiro atoms. The van der Waals surface area contributed by atoms with E-state index in [1.165, 1.54) is 36.1 Å². The summed E-state index contributed by atoms with van der Waals surface area (Å²) in [6.07, 6.45) is 7.54. The van der Waals surface area contributed by atoms with Crippen LogP contribution in [0.5, 0.6) is 0 Å². The van der Waals surface area contributed by atoms with E-state index in [9.17, 15) is 0 Å². The maximum absolute atomic E-state index is 8.76. The molecule has 7 heteroatoms. The summed E-state index contributed by atoms with van der Waals surface area (Å²) in [5.74, 6) is 0.693. The first-order valence-corrected chi connectivity index (χ1v) is 7.33. The van der Waals surface area contributed by atoms with Crippen LogP contribution in [-0.2, 0) is 19.4 Å². The van der Waals surface area contributed by atoms with Crippen LogP contribution >= 0.6 is 22.9 Å². The number of aromatic nitrogens is 3. The minimum atomic E-state index is 0.543. The van der Waals surface area contributed by atoms with E-state index < -0.39 is 0 Å². The zero-order chi connectivity index (χ0) is 13.2. The minimum Gasteiger partial charge on any atom is -0.411 e. The maximum atomic E-state index is 8.76. The van der Waals surface area contributed by atoms with Gasteiger partial charge in [-0.25, -0.2) is 9.97 Å². The third-order valence-corrected chi connectivity index (χ3v) is 4.37. The smallest absolute Gasteiger partial charge is 0.183 e. The van der Waals surface area contributed by atoms with Crippen LogP contribution in [0.3, 0.4) is 0 Å². The van der Waals surface area contributed by atoms with Crippen LogP contribution in [0.4, 0.5) is 0 Å². The fourth-order valence-corrected chi connectivity index (χ4v) is 3.43. The molecule has 0 fully saturated rings. The van der Waals surface area contributed by atoms with Crippen molar-refractivity contribution in [1.82, 2.24) is 14.5 Å². The summed E-state index contributed by atoms with van der Waals surface area (Å²) >= 11 is 7.32. The number of fused-ring (bicyclic) bond motifs is 1. The molecule has 0 amide bonds. The Labute approximate surface area is 119 Å². The quantitative estimate of drug-likeness (QED) is 0.538. The highest BCUT2D eigenvalue weighted by molar-refractivity contribution is 7.15. The number of rotatable bonds is 3. The Morgan fingerprint density at radius 1 is 1.47 bits per heavy atom. The molecule has 2 heterocycles. The number of oxime groups is 1. The summed E-state index contributed by atoms with van der Waals surface area (Å²) in [6.45, 7) is 0.675. The molecule has 0 radical (unpaired) electrons. The molecule has 2 aromatic rings. The maximum Gasteiger partial charge on any atom is 0.183 e. The minimum absolute atomic E-state index is 0.543. The molecule has 0 saturated heterocycles. The number of halogens is 1. The summed E-state index contributed by atoms with van der Waals surface area (Å²) in [6, 6.07) is 0. The Morgan fingerprint density at radius 3 is 3.05 bits per heavy atom. The van der Waals surface area contributed by atoms with Crippen LogP contribution in [0.2, 0.25) is 4.47 Å². The Kier molecular flexibility index (Phi) is 3.52. The molecule has 0 unspecified atom stereocenters. The van der Waals surface area contributed by atoms with E-state index >= 15 is 0 Å². The molecular weight excluding hydrogens is 284 g/mol. The lowest BCUT2D eigenvalue weighted by Crippen LogP contribution is -2.10. The van der Waals surface area contributed by atoms with E-state index in [4.69, 9.17) is 16.8 Å². The second-order valence-electron chi connectivity index (χ2n) is 4.48. The average molecular weight is 297 g/mol. The van der Waals surface area contributed by atoms with Gasteiger partial charge >= 0.3 is 0 Å². The number of aryl methyl sites for hydroxylation is 1. The van der Waals surface area contributed by atoms with Crippen molar-refractivity contribution in [2.24, 2.45) is 5.16 Å². The highest BCUT2D eigenvalue weighted by Gasteiger charge is 2.19. The summed E-state index contributed by atoms with van der Waals surface area (Å²) in [4.78, 5) is 9.67. The zero-order valence-corrected chi connectivity index (χ0v) is 11.8. The van der Waals surface area contributed by atoms with Crippen molar-refractivity contribution < 1.29 is 5.21 Å². The van der Waals surface area contributed by atoms with Crippen LogP contribution < -0.4 is 0 Å². The predicted octanol–water partition coefficient (Wildman–Crippen LogP) is 2.73. The van der Waals surface area contributed by atoms with Crippen molar-refractivity contribution >= 4 is 29.2 Å². The van der Waals surface area contributed by atoms with Gasteiger partial charge in [-0.1, -0.05) is 16.8 Å². The zero-order valence-electron chi connectivity index (χ0n) is 10.2. The van der Waals surface area contributed by atoms with E-state index in [1.54, 1.807) is 6.20 Å². The molecule has 19 heavy (non-hydrogen) atoms. The van der Waals surface area contributed by atoms with Crippen molar-refractivity contribution in [2.75, 3.05) is 0 Å². The Hall–Kier alpha value is -1.40. The first-order valence-electron chi connectivity index (χ1n) is 6.14. The van der Waals surface area contributed by atoms with Crippen LogP contribution in [0.25, 0.3) is 0 Å². The molecule has 0 saturated carbocycles. The SMILES string of the molecule is O/N=C/c1nc2c(n1Cc1cnc(Cl)s1)CCCC2. The Balaban J connectivity index is 2.00. The number of nitrogens with zero attached hydrogens (tertiary/aromatic N) is 4. The fraction of sp³-hybridized carbons (Fsp3) is 0.417. The van der Waals surface area contributed by atoms with E-state index in [0.717, 1.165) is 23.4 Å². The van der Waals surface area contributed by atoms with Gasteiger partial charge in [-0.2, -0.15) is 0 Å². The fourth-order valence-electron chi connectivity index (χ4n) is 2.46. The van der Waals surface area contributed by atoms with Gasteiger partial charge in [0.25, 0.3) is 0 Å². The summed E-state index contributed by atoms with van der Waals surface area (Å²) < 4.78 is 2.64. The van der Waals surface area contributed by atoms with E-state index in [0.29, 0.717) is 16.8 Å². The molecule has 0 bridgehead atoms. The lowest BCUT2D eigenvalue weighted by Gasteiger charge is -2.13. The summed E-state index contributed by atoms with van der Waals surface area (Å²) in [7, 11) is 0. The third-order valence-electron chi connectivity index (χ3n) is 3.27. The van der Waals surface area contributed by atoms with Crippen LogP contribution in [0, 0.1) is 0 Å². The van der Waals surface area contributed by atoms with Gasteiger partial charge in [0.2, 0.25) is 0 Å². The Bertz CT molecular complexity index is 619. The van der Waals surface area contributed by atoms with Gasteiger partial charge in [-0.05, 0) is 25.7 Å². The lowest BCUT2D eigenvalue weighted by molar-refractivity contribution is 0.321. The molecule has 3 rings (SSSR count). The van der Waals surface area contributed by atoms with Crippen LogP contribution in [0.15, 0.2) is 11.4 Å². The first-order chi connectivity index (χ1) is 9.28. The molecule has 1 N–H and O–H groups in total. The van der Waals surface area contributed by atoms with Gasteiger partial charge in [-0.15, -0.1) is 11.3 Å². The monoisotopic (exact) mass is 296 g/mol. The van der Waals surface area contributed by atoms with Crippen molar-refractivity contribution in [3.05, 3.63) is 32.8 Å². The highest BCUT2D eigenvalue weighted by atomic mass is 35.5. The second-order valence-corrected chi connectivity index (χ2v) is 6.18. The van der Waals surface area contributed by atoms with Crippen molar-refractivity contribution in [2.45, 2.75) is 32.2 Å². The molecule has 1 aliphatic carbocycles. The van der Waals surface area contributed by atoms with Crippen molar-refractivity contribution in [3.8, 4) is 0 Å². The topological polar surface area (TPSA) is 63.3 Å². The van der Waals surface area contributed by atoms with Crippen LogP contribution in [0.1, 0.15) is 34.9 Å². The highest BCUT2D eigenvalue weighted by Crippen LogP contribution is 2.25.